The lowest BCUT2D eigenvalue weighted by Crippen LogP contribution is -2.13. The van der Waals surface area contributed by atoms with Crippen LogP contribution in [0.15, 0.2) is 218 Å². The van der Waals surface area contributed by atoms with Crippen molar-refractivity contribution in [3.8, 4) is 90.5 Å². The third-order valence-electron chi connectivity index (χ3n) is 19.8. The van der Waals surface area contributed by atoms with Gasteiger partial charge in [-0.1, -0.05) is 199 Å². The van der Waals surface area contributed by atoms with Gasteiger partial charge < -0.3 is 40.9 Å². The minimum Gasteiger partial charge on any atom is -0.508 e. The SMILES string of the molecule is CCCCCC1CCC(c2ccc(C(c3cc(-c4ccc(O)cc4)ccc3O)c3cc(-c4ccc(O)cc4)ccc3O)cc2)CC1.CCCCCC1CCC(c2ccc(C(c3ccc(O)c(-c4ccccc4O)c3)c3ccc(O)c(-c4ccccc4O)c3)cc2)CC1. The van der Waals surface area contributed by atoms with Crippen LogP contribution in [-0.4, -0.2) is 40.9 Å². The molecule has 0 radical (unpaired) electrons. The summed E-state index contributed by atoms with van der Waals surface area (Å²) in [4.78, 5) is 0. The van der Waals surface area contributed by atoms with Gasteiger partial charge in [0.15, 0.2) is 0 Å². The minimum absolute atomic E-state index is 0.0882. The molecule has 2 aliphatic rings. The number of unbranched alkanes of at least 4 members (excludes halogenated alkanes) is 4. The van der Waals surface area contributed by atoms with E-state index in [2.05, 4.69) is 62.4 Å². The van der Waals surface area contributed by atoms with E-state index in [1.807, 2.05) is 84.9 Å². The first-order chi connectivity index (χ1) is 44.8. The maximum absolute atomic E-state index is 11.3. The summed E-state index contributed by atoms with van der Waals surface area (Å²) in [6, 6.07) is 68.1. The van der Waals surface area contributed by atoms with Crippen LogP contribution in [-0.2, 0) is 0 Å². The Bertz CT molecular complexity index is 3830. The lowest BCUT2D eigenvalue weighted by Gasteiger charge is -2.29. The molecule has 2 saturated carbocycles. The van der Waals surface area contributed by atoms with E-state index in [1.165, 1.54) is 114 Å². The molecule has 0 atom stereocenters. The Morgan fingerprint density at radius 3 is 1.01 bits per heavy atom. The zero-order valence-corrected chi connectivity index (χ0v) is 53.1. The van der Waals surface area contributed by atoms with E-state index in [1.54, 1.807) is 84.9 Å². The van der Waals surface area contributed by atoms with Crippen LogP contribution < -0.4 is 0 Å². The number of para-hydroxylation sites is 2. The van der Waals surface area contributed by atoms with E-state index in [4.69, 9.17) is 0 Å². The van der Waals surface area contributed by atoms with E-state index >= 15 is 0 Å². The average Bonchev–Trinajstić information content (AvgIpc) is 0.798. The first kappa shape index (κ1) is 64.1. The van der Waals surface area contributed by atoms with Crippen molar-refractivity contribution in [2.24, 2.45) is 11.8 Å². The molecule has 472 valence electrons. The van der Waals surface area contributed by atoms with Gasteiger partial charge >= 0.3 is 0 Å². The van der Waals surface area contributed by atoms with Gasteiger partial charge in [-0.15, -0.1) is 0 Å². The van der Waals surface area contributed by atoms with E-state index in [-0.39, 0.29) is 51.9 Å². The van der Waals surface area contributed by atoms with Crippen molar-refractivity contribution in [3.63, 3.8) is 0 Å². The minimum atomic E-state index is -0.447. The molecule has 0 bridgehead atoms. The van der Waals surface area contributed by atoms with Crippen LogP contribution in [0.3, 0.4) is 0 Å². The smallest absolute Gasteiger partial charge is 0.123 e. The highest BCUT2D eigenvalue weighted by Gasteiger charge is 2.29. The van der Waals surface area contributed by atoms with Crippen LogP contribution in [0, 0.1) is 11.8 Å². The van der Waals surface area contributed by atoms with Crippen molar-refractivity contribution in [3.05, 3.63) is 263 Å². The molecule has 2 fully saturated rings. The molecule has 0 amide bonds. The molecule has 0 heterocycles. The summed E-state index contributed by atoms with van der Waals surface area (Å²) in [6.07, 6.45) is 20.8. The largest absolute Gasteiger partial charge is 0.508 e. The van der Waals surface area contributed by atoms with Crippen molar-refractivity contribution in [1.29, 1.82) is 0 Å². The predicted octanol–water partition coefficient (Wildman–Crippen LogP) is 21.8. The van der Waals surface area contributed by atoms with E-state index < -0.39 is 5.92 Å². The zero-order chi connectivity index (χ0) is 64.1. The summed E-state index contributed by atoms with van der Waals surface area (Å²) in [5.74, 6) is 3.25. The first-order valence-electron chi connectivity index (χ1n) is 33.5. The number of hydrogen-bond donors (Lipinski definition) is 8. The van der Waals surface area contributed by atoms with Gasteiger partial charge in [0.2, 0.25) is 0 Å². The summed E-state index contributed by atoms with van der Waals surface area (Å²) >= 11 is 0. The third kappa shape index (κ3) is 15.3. The fraction of sp³-hybridized carbons (Fsp3) is 0.286. The van der Waals surface area contributed by atoms with Gasteiger partial charge in [-0.25, -0.2) is 0 Å². The summed E-state index contributed by atoms with van der Waals surface area (Å²) in [6.45, 7) is 4.54. The van der Waals surface area contributed by atoms with Crippen LogP contribution in [0.1, 0.15) is 185 Å². The van der Waals surface area contributed by atoms with Gasteiger partial charge in [0.05, 0.1) is 0 Å². The Hall–Kier alpha value is -9.40. The molecule has 8 nitrogen and oxygen atoms in total. The van der Waals surface area contributed by atoms with Gasteiger partial charge in [-0.3, -0.25) is 0 Å². The van der Waals surface area contributed by atoms with Crippen LogP contribution in [0.4, 0.5) is 0 Å². The normalized spacial score (nSPS) is 16.5. The quantitative estimate of drug-likeness (QED) is 0.0276. The molecule has 12 rings (SSSR count). The van der Waals surface area contributed by atoms with Crippen LogP contribution in [0.2, 0.25) is 0 Å². The predicted molar refractivity (Wildman–Crippen MR) is 373 cm³/mol. The molecular weight excluding hydrogens is 1140 g/mol. The number of aromatic hydroxyl groups is 8. The molecule has 0 unspecified atom stereocenters. The Kier molecular flexibility index (Phi) is 21.0. The Labute approximate surface area is 543 Å². The molecule has 0 aromatic heterocycles. The highest BCUT2D eigenvalue weighted by atomic mass is 16.3. The summed E-state index contributed by atoms with van der Waals surface area (Å²) in [7, 11) is 0. The van der Waals surface area contributed by atoms with Gasteiger partial charge in [0.25, 0.3) is 0 Å². The van der Waals surface area contributed by atoms with Gasteiger partial charge in [0, 0.05) is 45.2 Å². The maximum Gasteiger partial charge on any atom is 0.123 e. The molecule has 0 spiro atoms. The Morgan fingerprint density at radius 2 is 0.630 bits per heavy atom. The maximum atomic E-state index is 11.3. The molecule has 2 aliphatic carbocycles. The molecule has 8 N–H and O–H groups in total. The highest BCUT2D eigenvalue weighted by Crippen LogP contribution is 2.48. The molecule has 0 saturated heterocycles. The lowest BCUT2D eigenvalue weighted by molar-refractivity contribution is 0.303. The Morgan fingerprint density at radius 1 is 0.293 bits per heavy atom. The molecular formula is C84H88O8. The van der Waals surface area contributed by atoms with Crippen molar-refractivity contribution in [1.82, 2.24) is 0 Å². The average molecular weight is 1230 g/mol. The van der Waals surface area contributed by atoms with Crippen LogP contribution in [0.5, 0.6) is 46.0 Å². The summed E-state index contributed by atoms with van der Waals surface area (Å²) < 4.78 is 0. The molecule has 10 aromatic rings. The number of phenols is 8. The standard InChI is InChI=1S/2C42H44O4/c1-2-3-4-9-28-14-16-29(17-15-28)30-18-20-31(21-19-30)42(32-22-24-40(45)36(26-32)34-10-5-7-12-38(34)43)33-23-25-41(46)37(27-33)35-11-6-8-13-39(35)44;1-2-3-4-5-28-6-8-29(9-7-28)30-10-12-33(13-11-30)42(38-26-34(18-24-40(38)45)31-14-20-36(43)21-15-31)39-27-35(19-25-41(39)46)32-16-22-37(44)23-17-32/h5-8,10-13,18-29,42-46H,2-4,9,14-17H2,1H3;10-29,42-46H,2-9H2,1H3. The molecule has 0 aliphatic heterocycles. The first-order valence-corrected chi connectivity index (χ1v) is 33.5. The topological polar surface area (TPSA) is 162 Å². The molecule has 10 aromatic carbocycles. The second-order valence-corrected chi connectivity index (χ2v) is 25.9. The summed E-state index contributed by atoms with van der Waals surface area (Å²) in [5.41, 5.74) is 13.9. The highest BCUT2D eigenvalue weighted by molar-refractivity contribution is 5.79. The van der Waals surface area contributed by atoms with Crippen LogP contribution in [0.25, 0.3) is 44.5 Å². The number of rotatable bonds is 20. The van der Waals surface area contributed by atoms with E-state index in [0.29, 0.717) is 45.2 Å². The fourth-order valence-electron chi connectivity index (χ4n) is 14.5. The van der Waals surface area contributed by atoms with Crippen molar-refractivity contribution in [2.45, 2.75) is 140 Å². The second kappa shape index (κ2) is 30.1. The van der Waals surface area contributed by atoms with Gasteiger partial charge in [0.1, 0.15) is 46.0 Å². The molecule has 92 heavy (non-hydrogen) atoms. The lowest BCUT2D eigenvalue weighted by atomic mass is 9.76. The number of phenolic OH excluding ortho intramolecular Hbond substituents is 8. The zero-order valence-electron chi connectivity index (χ0n) is 53.1. The van der Waals surface area contributed by atoms with Gasteiger partial charge in [-0.2, -0.15) is 0 Å². The van der Waals surface area contributed by atoms with Gasteiger partial charge in [-0.05, 0) is 216 Å². The van der Waals surface area contributed by atoms with E-state index in [9.17, 15) is 40.9 Å². The van der Waals surface area contributed by atoms with Crippen molar-refractivity contribution >= 4 is 0 Å². The van der Waals surface area contributed by atoms with E-state index in [0.717, 1.165) is 56.3 Å². The summed E-state index contributed by atoms with van der Waals surface area (Å²) in [5, 5.41) is 85.4. The fourth-order valence-corrected chi connectivity index (χ4v) is 14.5. The molecule has 8 heteroatoms. The Balaban J connectivity index is 0.000000188. The third-order valence-corrected chi connectivity index (χ3v) is 19.8. The number of hydrogen-bond acceptors (Lipinski definition) is 8. The van der Waals surface area contributed by atoms with Crippen molar-refractivity contribution in [2.75, 3.05) is 0 Å². The van der Waals surface area contributed by atoms with Crippen molar-refractivity contribution < 1.29 is 40.9 Å². The number of benzene rings is 10. The van der Waals surface area contributed by atoms with Crippen LogP contribution >= 0.6 is 0 Å². The monoisotopic (exact) mass is 1220 g/mol. The second-order valence-electron chi connectivity index (χ2n) is 25.9.